The first-order valence-electron chi connectivity index (χ1n) is 4.39. The van der Waals surface area contributed by atoms with Crippen LogP contribution in [0.4, 0.5) is 5.69 Å². The Balaban J connectivity index is 2.71. The van der Waals surface area contributed by atoms with E-state index in [1.165, 1.54) is 16.7 Å². The van der Waals surface area contributed by atoms with E-state index in [0.29, 0.717) is 11.6 Å². The molecule has 1 aromatic carbocycles. The van der Waals surface area contributed by atoms with Crippen LogP contribution in [0, 0.1) is 13.8 Å². The van der Waals surface area contributed by atoms with Crippen molar-refractivity contribution in [2.75, 3.05) is 11.9 Å². The molecule has 0 spiro atoms. The second kappa shape index (κ2) is 5.28. The second-order valence-corrected chi connectivity index (χ2v) is 3.93. The van der Waals surface area contributed by atoms with E-state index in [4.69, 9.17) is 23.2 Å². The first-order valence-corrected chi connectivity index (χ1v) is 5.21. The highest BCUT2D eigenvalue weighted by Gasteiger charge is 1.98. The van der Waals surface area contributed by atoms with Crippen molar-refractivity contribution in [2.45, 2.75) is 13.8 Å². The van der Waals surface area contributed by atoms with E-state index in [9.17, 15) is 0 Å². The Kier molecular flexibility index (Phi) is 4.30. The maximum Gasteiger partial charge on any atom is 0.0516 e. The van der Waals surface area contributed by atoms with Crippen molar-refractivity contribution in [3.63, 3.8) is 0 Å². The average Bonchev–Trinajstić information content (AvgIpc) is 2.19. The Bertz CT molecular complexity index is 345. The molecule has 0 bridgehead atoms. The maximum atomic E-state index is 5.77. The number of hydrogen-bond donors (Lipinski definition) is 1. The molecular formula is C11H13Cl2N. The second-order valence-electron chi connectivity index (χ2n) is 3.23. The van der Waals surface area contributed by atoms with Crippen molar-refractivity contribution < 1.29 is 0 Å². The summed E-state index contributed by atoms with van der Waals surface area (Å²) in [6.07, 6.45) is 0. The third kappa shape index (κ3) is 3.24. The Hall–Kier alpha value is -0.660. The largest absolute Gasteiger partial charge is 0.380 e. The summed E-state index contributed by atoms with van der Waals surface area (Å²) >= 11 is 11.2. The average molecular weight is 230 g/mol. The summed E-state index contributed by atoms with van der Waals surface area (Å²) in [5.74, 6) is 0. The zero-order valence-electron chi connectivity index (χ0n) is 8.27. The van der Waals surface area contributed by atoms with Crippen LogP contribution in [-0.4, -0.2) is 6.54 Å². The third-order valence-corrected chi connectivity index (χ3v) is 2.58. The number of benzene rings is 1. The molecule has 1 N–H and O–H groups in total. The van der Waals surface area contributed by atoms with Crippen LogP contribution < -0.4 is 5.32 Å². The molecule has 0 aliphatic carbocycles. The number of halogens is 2. The maximum absolute atomic E-state index is 5.77. The van der Waals surface area contributed by atoms with E-state index in [1.54, 1.807) is 0 Å². The van der Waals surface area contributed by atoms with Gasteiger partial charge in [-0.3, -0.25) is 0 Å². The molecule has 0 heterocycles. The lowest BCUT2D eigenvalue weighted by molar-refractivity contribution is 1.27. The van der Waals surface area contributed by atoms with Crippen molar-refractivity contribution in [1.82, 2.24) is 0 Å². The fraction of sp³-hybridized carbons (Fsp3) is 0.273. The Morgan fingerprint density at radius 2 is 2.14 bits per heavy atom. The van der Waals surface area contributed by atoms with Gasteiger partial charge in [-0.05, 0) is 31.0 Å². The highest BCUT2D eigenvalue weighted by Crippen LogP contribution is 2.17. The normalized spacial score (nSPS) is 11.6. The molecule has 0 amide bonds. The number of nitrogens with one attached hydrogen (secondary N) is 1. The fourth-order valence-electron chi connectivity index (χ4n) is 1.14. The molecule has 0 aliphatic heterocycles. The molecule has 14 heavy (non-hydrogen) atoms. The van der Waals surface area contributed by atoms with Gasteiger partial charge in [-0.15, -0.1) is 0 Å². The van der Waals surface area contributed by atoms with E-state index >= 15 is 0 Å². The molecule has 0 saturated heterocycles. The highest BCUT2D eigenvalue weighted by atomic mass is 35.5. The first kappa shape index (κ1) is 11.4. The molecular weight excluding hydrogens is 217 g/mol. The predicted molar refractivity (Wildman–Crippen MR) is 64.2 cm³/mol. The summed E-state index contributed by atoms with van der Waals surface area (Å²) in [7, 11) is 0. The lowest BCUT2D eigenvalue weighted by Gasteiger charge is -2.09. The fourth-order valence-corrected chi connectivity index (χ4v) is 1.29. The molecule has 76 valence electrons. The van der Waals surface area contributed by atoms with Crippen molar-refractivity contribution in [2.24, 2.45) is 0 Å². The van der Waals surface area contributed by atoms with Gasteiger partial charge < -0.3 is 5.32 Å². The molecule has 0 radical (unpaired) electrons. The molecule has 0 fully saturated rings. The summed E-state index contributed by atoms with van der Waals surface area (Å²) in [5, 5.41) is 3.82. The number of anilines is 1. The van der Waals surface area contributed by atoms with Crippen LogP contribution in [0.2, 0.25) is 0 Å². The van der Waals surface area contributed by atoms with Crippen molar-refractivity contribution >= 4 is 28.9 Å². The molecule has 1 nitrogen and oxygen atoms in total. The van der Waals surface area contributed by atoms with E-state index in [1.807, 2.05) is 0 Å². The highest BCUT2D eigenvalue weighted by molar-refractivity contribution is 6.36. The van der Waals surface area contributed by atoms with Gasteiger partial charge in [0.15, 0.2) is 0 Å². The third-order valence-electron chi connectivity index (χ3n) is 1.96. The Labute approximate surface area is 94.7 Å². The van der Waals surface area contributed by atoms with Gasteiger partial charge in [-0.25, -0.2) is 0 Å². The van der Waals surface area contributed by atoms with E-state index in [-0.39, 0.29) is 0 Å². The topological polar surface area (TPSA) is 12.0 Å². The summed E-state index contributed by atoms with van der Waals surface area (Å²) in [6.45, 7) is 4.68. The molecule has 0 aromatic heterocycles. The zero-order valence-corrected chi connectivity index (χ0v) is 9.78. The van der Waals surface area contributed by atoms with Crippen LogP contribution in [0.1, 0.15) is 11.1 Å². The van der Waals surface area contributed by atoms with Crippen molar-refractivity contribution in [3.8, 4) is 0 Å². The smallest absolute Gasteiger partial charge is 0.0516 e. The van der Waals surface area contributed by atoms with E-state index < -0.39 is 0 Å². The van der Waals surface area contributed by atoms with Crippen LogP contribution in [-0.2, 0) is 0 Å². The van der Waals surface area contributed by atoms with Crippen molar-refractivity contribution in [3.05, 3.63) is 39.9 Å². The van der Waals surface area contributed by atoms with Crippen LogP contribution in [0.3, 0.4) is 0 Å². The summed E-state index contributed by atoms with van der Waals surface area (Å²) in [4.78, 5) is 0. The van der Waals surface area contributed by atoms with Crippen LogP contribution in [0.25, 0.3) is 0 Å². The van der Waals surface area contributed by atoms with Crippen LogP contribution in [0.5, 0.6) is 0 Å². The van der Waals surface area contributed by atoms with Gasteiger partial charge in [-0.2, -0.15) is 0 Å². The number of aryl methyl sites for hydroxylation is 2. The van der Waals surface area contributed by atoms with Gasteiger partial charge in [0.2, 0.25) is 0 Å². The SMILES string of the molecule is Cc1ccc(C)c(NCC(Cl)=CCl)c1. The Morgan fingerprint density at radius 3 is 2.79 bits per heavy atom. The van der Waals surface area contributed by atoms with Gasteiger partial charge in [0.1, 0.15) is 0 Å². The minimum atomic E-state index is 0.565. The van der Waals surface area contributed by atoms with Gasteiger partial charge in [0, 0.05) is 16.3 Å². The van der Waals surface area contributed by atoms with Crippen LogP contribution in [0.15, 0.2) is 28.8 Å². The monoisotopic (exact) mass is 229 g/mol. The predicted octanol–water partition coefficient (Wildman–Crippen LogP) is 4.03. The molecule has 0 aliphatic rings. The van der Waals surface area contributed by atoms with Gasteiger partial charge in [-0.1, -0.05) is 35.3 Å². The first-order chi connectivity index (χ1) is 6.63. The zero-order chi connectivity index (χ0) is 10.6. The number of rotatable bonds is 3. The molecule has 3 heteroatoms. The molecule has 0 saturated carbocycles. The van der Waals surface area contributed by atoms with Gasteiger partial charge >= 0.3 is 0 Å². The standard InChI is InChI=1S/C11H13Cl2N/c1-8-3-4-9(2)11(5-8)14-7-10(13)6-12/h3-6,14H,7H2,1-2H3. The molecule has 0 atom stereocenters. The quantitative estimate of drug-likeness (QED) is 0.826. The summed E-state index contributed by atoms with van der Waals surface area (Å²) in [6, 6.07) is 6.25. The van der Waals surface area contributed by atoms with Gasteiger partial charge in [0.25, 0.3) is 0 Å². The summed E-state index contributed by atoms with van der Waals surface area (Å²) < 4.78 is 0. The minimum absolute atomic E-state index is 0.565. The van der Waals surface area contributed by atoms with Gasteiger partial charge in [0.05, 0.1) is 6.54 Å². The van der Waals surface area contributed by atoms with E-state index in [0.717, 1.165) is 5.69 Å². The molecule has 1 aromatic rings. The minimum Gasteiger partial charge on any atom is -0.380 e. The lowest BCUT2D eigenvalue weighted by atomic mass is 10.1. The van der Waals surface area contributed by atoms with E-state index in [2.05, 4.69) is 37.4 Å². The number of hydrogen-bond acceptors (Lipinski definition) is 1. The molecule has 0 unspecified atom stereocenters. The molecule has 1 rings (SSSR count). The summed E-state index contributed by atoms with van der Waals surface area (Å²) in [5.41, 5.74) is 4.90. The van der Waals surface area contributed by atoms with Crippen molar-refractivity contribution in [1.29, 1.82) is 0 Å². The Morgan fingerprint density at radius 1 is 1.43 bits per heavy atom. The van der Waals surface area contributed by atoms with Crippen LogP contribution >= 0.6 is 23.2 Å². The lowest BCUT2D eigenvalue weighted by Crippen LogP contribution is -2.02.